The summed E-state index contributed by atoms with van der Waals surface area (Å²) in [5.74, 6) is 5.06. The number of anilines is 1. The number of benzene rings is 1. The molecule has 108 valence electrons. The Labute approximate surface area is 132 Å². The molecule has 3 fully saturated rings. The largest absolute Gasteiger partial charge is 0.382 e. The van der Waals surface area contributed by atoms with Crippen molar-refractivity contribution in [1.82, 2.24) is 10.2 Å². The van der Waals surface area contributed by atoms with Crippen LogP contribution in [-0.2, 0) is 0 Å². The molecule has 1 heterocycles. The highest BCUT2D eigenvalue weighted by Gasteiger charge is 2.66. The summed E-state index contributed by atoms with van der Waals surface area (Å²) in [5.41, 5.74) is 9.77. The first kappa shape index (κ1) is 12.3. The van der Waals surface area contributed by atoms with Gasteiger partial charge in [-0.2, -0.15) is 5.10 Å². The van der Waals surface area contributed by atoms with E-state index in [1.165, 1.54) is 30.5 Å². The number of hydrogen-bond donors (Lipinski definition) is 2. The molecule has 0 radical (unpaired) electrons. The lowest BCUT2D eigenvalue weighted by Crippen LogP contribution is -1.99. The minimum Gasteiger partial charge on any atom is -0.382 e. The molecule has 5 rings (SSSR count). The fraction of sp³-hybridized carbons (Fsp3) is 0.471. The van der Waals surface area contributed by atoms with Crippen molar-refractivity contribution in [3.63, 3.8) is 0 Å². The molecule has 3 aliphatic rings. The van der Waals surface area contributed by atoms with Crippen molar-refractivity contribution in [2.75, 3.05) is 5.73 Å². The first-order valence-electron chi connectivity index (χ1n) is 7.83. The van der Waals surface area contributed by atoms with Gasteiger partial charge in [-0.25, -0.2) is 0 Å². The summed E-state index contributed by atoms with van der Waals surface area (Å²) in [7, 11) is 0. The fourth-order valence-corrected chi connectivity index (χ4v) is 5.51. The highest BCUT2D eigenvalue weighted by molar-refractivity contribution is 9.10. The van der Waals surface area contributed by atoms with Gasteiger partial charge >= 0.3 is 0 Å². The Kier molecular flexibility index (Phi) is 2.41. The molecule has 1 aromatic carbocycles. The number of hydrogen-bond acceptors (Lipinski definition) is 2. The van der Waals surface area contributed by atoms with E-state index in [0.717, 1.165) is 33.7 Å². The smallest absolute Gasteiger partial charge is 0.153 e. The average molecular weight is 344 g/mol. The first-order valence-corrected chi connectivity index (χ1v) is 8.63. The molecule has 0 spiro atoms. The number of rotatable bonds is 2. The van der Waals surface area contributed by atoms with E-state index in [-0.39, 0.29) is 0 Å². The zero-order valence-electron chi connectivity index (χ0n) is 11.7. The lowest BCUT2D eigenvalue weighted by Gasteiger charge is -2.10. The van der Waals surface area contributed by atoms with Gasteiger partial charge in [-0.1, -0.05) is 28.1 Å². The summed E-state index contributed by atoms with van der Waals surface area (Å²) >= 11 is 3.50. The average Bonchev–Trinajstić information content (AvgIpc) is 2.81. The number of nitrogens with one attached hydrogen (secondary N) is 1. The van der Waals surface area contributed by atoms with Crippen LogP contribution in [0.5, 0.6) is 0 Å². The summed E-state index contributed by atoms with van der Waals surface area (Å²) < 4.78 is 1.09. The van der Waals surface area contributed by atoms with Crippen molar-refractivity contribution in [2.24, 2.45) is 23.7 Å². The normalized spacial score (nSPS) is 36.0. The van der Waals surface area contributed by atoms with Gasteiger partial charge in [0.15, 0.2) is 5.82 Å². The van der Waals surface area contributed by atoms with Crippen LogP contribution in [0.1, 0.15) is 30.9 Å². The van der Waals surface area contributed by atoms with Crippen molar-refractivity contribution in [2.45, 2.75) is 25.2 Å². The highest BCUT2D eigenvalue weighted by atomic mass is 79.9. The zero-order valence-corrected chi connectivity index (χ0v) is 13.3. The number of nitrogens with two attached hydrogens (primary N) is 1. The molecule has 2 aromatic rings. The van der Waals surface area contributed by atoms with Gasteiger partial charge in [-0.05, 0) is 60.6 Å². The Morgan fingerprint density at radius 3 is 2.43 bits per heavy atom. The van der Waals surface area contributed by atoms with Crippen LogP contribution in [0.3, 0.4) is 0 Å². The molecule has 4 heteroatoms. The SMILES string of the molecule is Nc1n[nH]c(C2C3C4CCC(C4)C23)c1-c1ccc(Br)cc1. The maximum atomic E-state index is 6.16. The molecular weight excluding hydrogens is 326 g/mol. The van der Waals surface area contributed by atoms with Crippen molar-refractivity contribution >= 4 is 21.7 Å². The van der Waals surface area contributed by atoms with Gasteiger partial charge in [0, 0.05) is 21.6 Å². The van der Waals surface area contributed by atoms with Crippen LogP contribution >= 0.6 is 15.9 Å². The Morgan fingerprint density at radius 1 is 1.10 bits per heavy atom. The van der Waals surface area contributed by atoms with Crippen LogP contribution in [0.4, 0.5) is 5.82 Å². The molecule has 3 saturated carbocycles. The van der Waals surface area contributed by atoms with Crippen LogP contribution in [0.25, 0.3) is 11.1 Å². The van der Waals surface area contributed by atoms with Crippen LogP contribution in [-0.4, -0.2) is 10.2 Å². The van der Waals surface area contributed by atoms with Gasteiger partial charge < -0.3 is 5.73 Å². The molecule has 3 aliphatic carbocycles. The third-order valence-electron chi connectivity index (χ3n) is 6.02. The van der Waals surface area contributed by atoms with E-state index >= 15 is 0 Å². The summed E-state index contributed by atoms with van der Waals surface area (Å²) in [5, 5.41) is 7.58. The molecular formula is C17H18BrN3. The minimum absolute atomic E-state index is 0.643. The lowest BCUT2D eigenvalue weighted by molar-refractivity contribution is 0.456. The molecule has 0 aliphatic heterocycles. The topological polar surface area (TPSA) is 54.7 Å². The third kappa shape index (κ3) is 1.62. The second kappa shape index (κ2) is 4.13. The minimum atomic E-state index is 0.643. The zero-order chi connectivity index (χ0) is 14.1. The summed E-state index contributed by atoms with van der Waals surface area (Å²) in [6.07, 6.45) is 4.36. The van der Waals surface area contributed by atoms with Gasteiger partial charge in [-0.3, -0.25) is 5.10 Å². The first-order chi connectivity index (χ1) is 10.2. The van der Waals surface area contributed by atoms with E-state index in [9.17, 15) is 0 Å². The number of nitrogen functional groups attached to an aromatic ring is 1. The molecule has 2 bridgehead atoms. The molecule has 0 amide bonds. The molecule has 3 N–H and O–H groups in total. The molecule has 0 saturated heterocycles. The van der Waals surface area contributed by atoms with Crippen molar-refractivity contribution in [3.05, 3.63) is 34.4 Å². The van der Waals surface area contributed by atoms with Crippen molar-refractivity contribution in [1.29, 1.82) is 0 Å². The monoisotopic (exact) mass is 343 g/mol. The van der Waals surface area contributed by atoms with E-state index < -0.39 is 0 Å². The van der Waals surface area contributed by atoms with Gasteiger partial charge in [0.25, 0.3) is 0 Å². The second-order valence-electron chi connectivity index (χ2n) is 6.92. The van der Waals surface area contributed by atoms with Crippen LogP contribution in [0.15, 0.2) is 28.7 Å². The van der Waals surface area contributed by atoms with E-state index in [0.29, 0.717) is 11.7 Å². The maximum Gasteiger partial charge on any atom is 0.153 e. The lowest BCUT2D eigenvalue weighted by atomic mass is 9.96. The van der Waals surface area contributed by atoms with E-state index in [1.54, 1.807) is 0 Å². The summed E-state index contributed by atoms with van der Waals surface area (Å²) in [4.78, 5) is 0. The molecule has 21 heavy (non-hydrogen) atoms. The summed E-state index contributed by atoms with van der Waals surface area (Å²) in [6.45, 7) is 0. The van der Waals surface area contributed by atoms with Gasteiger partial charge in [0.1, 0.15) is 0 Å². The molecule has 3 nitrogen and oxygen atoms in total. The summed E-state index contributed by atoms with van der Waals surface area (Å²) in [6, 6.07) is 8.40. The van der Waals surface area contributed by atoms with Crippen LogP contribution in [0.2, 0.25) is 0 Å². The van der Waals surface area contributed by atoms with Crippen LogP contribution < -0.4 is 5.73 Å². The van der Waals surface area contributed by atoms with E-state index in [1.807, 2.05) is 0 Å². The number of H-pyrrole nitrogens is 1. The maximum absolute atomic E-state index is 6.16. The molecule has 4 unspecified atom stereocenters. The standard InChI is InChI=1S/C17H18BrN3/c18-11-5-3-8(4-6-11)14-16(20-21-17(14)19)15-12-9-1-2-10(7-9)13(12)15/h3-6,9-10,12-13,15H,1-2,7H2,(H3,19,20,21). The van der Waals surface area contributed by atoms with Crippen LogP contribution in [0, 0.1) is 23.7 Å². The molecule has 4 atom stereocenters. The number of aromatic amines is 1. The quantitative estimate of drug-likeness (QED) is 0.859. The predicted molar refractivity (Wildman–Crippen MR) is 86.7 cm³/mol. The number of nitrogens with zero attached hydrogens (tertiary/aromatic N) is 1. The highest BCUT2D eigenvalue weighted by Crippen LogP contribution is 2.73. The third-order valence-corrected chi connectivity index (χ3v) is 6.55. The number of aromatic nitrogens is 2. The van der Waals surface area contributed by atoms with E-state index in [2.05, 4.69) is 50.4 Å². The van der Waals surface area contributed by atoms with Crippen molar-refractivity contribution in [3.8, 4) is 11.1 Å². The van der Waals surface area contributed by atoms with Gasteiger partial charge in [0.2, 0.25) is 0 Å². The molecule has 1 aromatic heterocycles. The fourth-order valence-electron chi connectivity index (χ4n) is 5.24. The second-order valence-corrected chi connectivity index (χ2v) is 7.83. The van der Waals surface area contributed by atoms with Gasteiger partial charge in [0.05, 0.1) is 0 Å². The Morgan fingerprint density at radius 2 is 1.76 bits per heavy atom. The van der Waals surface area contributed by atoms with E-state index in [4.69, 9.17) is 5.73 Å². The Bertz CT molecular complexity index is 689. The predicted octanol–water partition coefficient (Wildman–Crippen LogP) is 4.18. The number of halogens is 1. The Hall–Kier alpha value is -1.29. The number of fused-ring (bicyclic) bond motifs is 5. The Balaban J connectivity index is 1.56. The van der Waals surface area contributed by atoms with Crippen molar-refractivity contribution < 1.29 is 0 Å². The van der Waals surface area contributed by atoms with Gasteiger partial charge in [-0.15, -0.1) is 0 Å².